The molecule has 1 heterocycles. The summed E-state index contributed by atoms with van der Waals surface area (Å²) in [4.78, 5) is 16.8. The average Bonchev–Trinajstić information content (AvgIpc) is 2.67. The number of rotatable bonds is 5. The fourth-order valence-electron chi connectivity index (χ4n) is 4.05. The zero-order chi connectivity index (χ0) is 22.1. The molecule has 1 saturated heterocycles. The number of nitrogens with one attached hydrogen (secondary N) is 1. The first-order chi connectivity index (χ1) is 14.1. The number of halogens is 1. The minimum absolute atomic E-state index is 0.219. The average molecular weight is 450 g/mol. The number of nitrogens with zero attached hydrogens (tertiary/aromatic N) is 2. The maximum absolute atomic E-state index is 12.8. The predicted molar refractivity (Wildman–Crippen MR) is 121 cm³/mol. The van der Waals surface area contributed by atoms with Crippen molar-refractivity contribution in [2.24, 2.45) is 0 Å². The van der Waals surface area contributed by atoms with E-state index in [1.807, 2.05) is 44.2 Å². The molecule has 8 heteroatoms. The Bertz CT molecular complexity index is 1040. The first-order valence-electron chi connectivity index (χ1n) is 9.95. The van der Waals surface area contributed by atoms with Gasteiger partial charge in [0.15, 0.2) is 0 Å². The van der Waals surface area contributed by atoms with E-state index in [0.29, 0.717) is 42.3 Å². The van der Waals surface area contributed by atoms with E-state index in [-0.39, 0.29) is 17.3 Å². The molecule has 0 saturated carbocycles. The lowest BCUT2D eigenvalue weighted by atomic mass is 10.1. The fourth-order valence-corrected chi connectivity index (χ4v) is 5.64. The van der Waals surface area contributed by atoms with Gasteiger partial charge in [0, 0.05) is 36.9 Å². The Morgan fingerprint density at radius 3 is 2.17 bits per heavy atom. The Morgan fingerprint density at radius 1 is 0.967 bits per heavy atom. The highest BCUT2D eigenvalue weighted by atomic mass is 35.5. The summed E-state index contributed by atoms with van der Waals surface area (Å²) in [7, 11) is -3.76. The van der Waals surface area contributed by atoms with E-state index in [0.717, 1.165) is 16.8 Å². The zero-order valence-electron chi connectivity index (χ0n) is 17.8. The molecule has 0 aliphatic carbocycles. The van der Waals surface area contributed by atoms with Crippen LogP contribution in [0, 0.1) is 27.7 Å². The molecule has 6 nitrogen and oxygen atoms in total. The molecular formula is C22H28ClN3O3S. The second-order valence-electron chi connectivity index (χ2n) is 7.85. The van der Waals surface area contributed by atoms with Crippen LogP contribution in [0.1, 0.15) is 22.3 Å². The van der Waals surface area contributed by atoms with Crippen molar-refractivity contribution in [3.05, 3.63) is 57.6 Å². The van der Waals surface area contributed by atoms with Gasteiger partial charge < -0.3 is 9.80 Å². The van der Waals surface area contributed by atoms with Crippen LogP contribution in [-0.4, -0.2) is 51.9 Å². The Kier molecular flexibility index (Phi) is 6.75. The van der Waals surface area contributed by atoms with Crippen molar-refractivity contribution >= 4 is 33.2 Å². The van der Waals surface area contributed by atoms with E-state index >= 15 is 0 Å². The van der Waals surface area contributed by atoms with Gasteiger partial charge in [-0.15, -0.1) is 0 Å². The SMILES string of the molecule is Cc1cc(C)c(S(=O)(=O)NCC(=O)N2CCN(c3cc(Cl)ccc3C)CC2)c(C)c1. The van der Waals surface area contributed by atoms with Gasteiger partial charge in [0.05, 0.1) is 11.4 Å². The molecule has 2 aromatic carbocycles. The van der Waals surface area contributed by atoms with Gasteiger partial charge in [-0.05, 0) is 56.5 Å². The molecule has 162 valence electrons. The largest absolute Gasteiger partial charge is 0.368 e. The van der Waals surface area contributed by atoms with E-state index in [4.69, 9.17) is 11.6 Å². The molecule has 30 heavy (non-hydrogen) atoms. The van der Waals surface area contributed by atoms with Crippen LogP contribution < -0.4 is 9.62 Å². The van der Waals surface area contributed by atoms with Crippen LogP contribution in [0.15, 0.2) is 35.2 Å². The molecule has 0 aromatic heterocycles. The molecule has 2 aromatic rings. The highest BCUT2D eigenvalue weighted by molar-refractivity contribution is 7.89. The number of sulfonamides is 1. The Labute approximate surface area is 183 Å². The van der Waals surface area contributed by atoms with Crippen molar-refractivity contribution in [2.45, 2.75) is 32.6 Å². The highest BCUT2D eigenvalue weighted by Crippen LogP contribution is 2.25. The molecule has 0 spiro atoms. The third kappa shape index (κ3) is 4.96. The van der Waals surface area contributed by atoms with Crippen LogP contribution in [-0.2, 0) is 14.8 Å². The summed E-state index contributed by atoms with van der Waals surface area (Å²) in [6, 6.07) is 9.46. The van der Waals surface area contributed by atoms with Gasteiger partial charge in [0.25, 0.3) is 0 Å². The summed E-state index contributed by atoms with van der Waals surface area (Å²) < 4.78 is 28.0. The monoisotopic (exact) mass is 449 g/mol. The number of hydrogen-bond acceptors (Lipinski definition) is 4. The number of amides is 1. The maximum Gasteiger partial charge on any atom is 0.241 e. The lowest BCUT2D eigenvalue weighted by molar-refractivity contribution is -0.130. The van der Waals surface area contributed by atoms with E-state index in [1.165, 1.54) is 0 Å². The molecule has 1 fully saturated rings. The third-order valence-corrected chi connectivity index (χ3v) is 7.37. The number of carbonyl (C=O) groups is 1. The van der Waals surface area contributed by atoms with Crippen molar-refractivity contribution in [3.63, 3.8) is 0 Å². The summed E-state index contributed by atoms with van der Waals surface area (Å²) in [5.41, 5.74) is 4.57. The van der Waals surface area contributed by atoms with Gasteiger partial charge in [-0.25, -0.2) is 13.1 Å². The summed E-state index contributed by atoms with van der Waals surface area (Å²) in [5, 5.41) is 0.685. The first-order valence-corrected chi connectivity index (χ1v) is 11.8. The Hall–Kier alpha value is -2.09. The Morgan fingerprint density at radius 2 is 1.57 bits per heavy atom. The lowest BCUT2D eigenvalue weighted by Gasteiger charge is -2.37. The van der Waals surface area contributed by atoms with Gasteiger partial charge in [-0.2, -0.15) is 0 Å². The molecule has 0 unspecified atom stereocenters. The maximum atomic E-state index is 12.8. The molecule has 0 bridgehead atoms. The topological polar surface area (TPSA) is 69.7 Å². The number of carbonyl (C=O) groups excluding carboxylic acids is 1. The number of piperazine rings is 1. The van der Waals surface area contributed by atoms with Crippen LogP contribution in [0.4, 0.5) is 5.69 Å². The van der Waals surface area contributed by atoms with Crippen LogP contribution in [0.2, 0.25) is 5.02 Å². The van der Waals surface area contributed by atoms with Crippen molar-refractivity contribution in [2.75, 3.05) is 37.6 Å². The van der Waals surface area contributed by atoms with Gasteiger partial charge in [-0.3, -0.25) is 4.79 Å². The summed E-state index contributed by atoms with van der Waals surface area (Å²) in [6.45, 7) is 9.69. The second-order valence-corrected chi connectivity index (χ2v) is 9.99. The summed E-state index contributed by atoms with van der Waals surface area (Å²) in [5.74, 6) is -0.219. The van der Waals surface area contributed by atoms with Crippen LogP contribution in [0.25, 0.3) is 0 Å². The molecular weight excluding hydrogens is 422 g/mol. The first kappa shape index (κ1) is 22.6. The summed E-state index contributed by atoms with van der Waals surface area (Å²) >= 11 is 6.12. The highest BCUT2D eigenvalue weighted by Gasteiger charge is 2.25. The van der Waals surface area contributed by atoms with E-state index in [2.05, 4.69) is 9.62 Å². The van der Waals surface area contributed by atoms with Gasteiger partial charge >= 0.3 is 0 Å². The van der Waals surface area contributed by atoms with Gasteiger partial charge in [-0.1, -0.05) is 35.4 Å². The smallest absolute Gasteiger partial charge is 0.241 e. The molecule has 3 rings (SSSR count). The lowest BCUT2D eigenvalue weighted by Crippen LogP contribution is -2.51. The van der Waals surface area contributed by atoms with Crippen molar-refractivity contribution in [1.82, 2.24) is 9.62 Å². The predicted octanol–water partition coefficient (Wildman–Crippen LogP) is 3.20. The van der Waals surface area contributed by atoms with E-state index in [1.54, 1.807) is 18.7 Å². The van der Waals surface area contributed by atoms with Crippen LogP contribution in [0.5, 0.6) is 0 Å². The van der Waals surface area contributed by atoms with Crippen molar-refractivity contribution in [1.29, 1.82) is 0 Å². The Balaban J connectivity index is 1.61. The summed E-state index contributed by atoms with van der Waals surface area (Å²) in [6.07, 6.45) is 0. The van der Waals surface area contributed by atoms with Gasteiger partial charge in [0.2, 0.25) is 15.9 Å². The minimum atomic E-state index is -3.76. The van der Waals surface area contributed by atoms with Crippen LogP contribution in [0.3, 0.4) is 0 Å². The normalized spacial score (nSPS) is 14.8. The third-order valence-electron chi connectivity index (χ3n) is 5.43. The van der Waals surface area contributed by atoms with E-state index in [9.17, 15) is 13.2 Å². The molecule has 1 N–H and O–H groups in total. The second kappa shape index (κ2) is 8.96. The molecule has 1 amide bonds. The molecule has 1 aliphatic rings. The van der Waals surface area contributed by atoms with Crippen LogP contribution >= 0.6 is 11.6 Å². The minimum Gasteiger partial charge on any atom is -0.368 e. The van der Waals surface area contributed by atoms with Gasteiger partial charge in [0.1, 0.15) is 0 Å². The molecule has 1 aliphatic heterocycles. The van der Waals surface area contributed by atoms with Crippen molar-refractivity contribution < 1.29 is 13.2 Å². The number of aryl methyl sites for hydroxylation is 4. The number of hydrogen-bond donors (Lipinski definition) is 1. The quantitative estimate of drug-likeness (QED) is 0.761. The number of benzene rings is 2. The fraction of sp³-hybridized carbons (Fsp3) is 0.409. The van der Waals surface area contributed by atoms with E-state index < -0.39 is 10.0 Å². The standard InChI is InChI=1S/C22H28ClN3O3S/c1-15-11-17(3)22(18(4)12-15)30(28,29)24-14-21(27)26-9-7-25(8-10-26)20-13-19(23)6-5-16(20)2/h5-6,11-13,24H,7-10,14H2,1-4H3. The van der Waals surface area contributed by atoms with Crippen molar-refractivity contribution in [3.8, 4) is 0 Å². The molecule has 0 radical (unpaired) electrons. The number of anilines is 1. The zero-order valence-corrected chi connectivity index (χ0v) is 19.4. The molecule has 0 atom stereocenters.